The predicted molar refractivity (Wildman–Crippen MR) is 70.0 cm³/mol. The number of nitrogens with zero attached hydrogens (tertiary/aromatic N) is 4. The van der Waals surface area contributed by atoms with Gasteiger partial charge in [0.05, 0.1) is 6.54 Å². The SMILES string of the molecule is CN1CCCN(S(=O)(=O)c2cccnc2C#N)CC1=O. The third-order valence-corrected chi connectivity index (χ3v) is 5.01. The number of amides is 1. The molecule has 0 aliphatic carbocycles. The molecule has 1 aromatic rings. The molecular weight excluding hydrogens is 280 g/mol. The van der Waals surface area contributed by atoms with Crippen LogP contribution in [0, 0.1) is 11.3 Å². The number of likely N-dealkylation sites (N-methyl/N-ethyl adjacent to an activating group) is 1. The van der Waals surface area contributed by atoms with Crippen molar-refractivity contribution < 1.29 is 13.2 Å². The summed E-state index contributed by atoms with van der Waals surface area (Å²) in [5, 5.41) is 8.96. The number of aromatic nitrogens is 1. The Bertz CT molecular complexity index is 666. The number of hydrogen-bond donors (Lipinski definition) is 0. The van der Waals surface area contributed by atoms with Crippen molar-refractivity contribution >= 4 is 15.9 Å². The number of nitriles is 1. The molecule has 1 aliphatic rings. The molecule has 0 N–H and O–H groups in total. The van der Waals surface area contributed by atoms with E-state index in [1.807, 2.05) is 0 Å². The molecule has 1 aliphatic heterocycles. The Morgan fingerprint density at radius 2 is 2.15 bits per heavy atom. The summed E-state index contributed by atoms with van der Waals surface area (Å²) < 4.78 is 26.2. The fourth-order valence-electron chi connectivity index (χ4n) is 1.99. The number of carbonyl (C=O) groups excluding carboxylic acids is 1. The van der Waals surface area contributed by atoms with E-state index >= 15 is 0 Å². The minimum absolute atomic E-state index is 0.153. The van der Waals surface area contributed by atoms with Gasteiger partial charge in [0, 0.05) is 26.3 Å². The number of carbonyl (C=O) groups is 1. The van der Waals surface area contributed by atoms with Gasteiger partial charge in [0.2, 0.25) is 15.9 Å². The summed E-state index contributed by atoms with van der Waals surface area (Å²) in [5.41, 5.74) is -0.155. The van der Waals surface area contributed by atoms with Gasteiger partial charge < -0.3 is 4.90 Å². The Kier molecular flexibility index (Phi) is 4.01. The van der Waals surface area contributed by atoms with Crippen LogP contribution in [0.25, 0.3) is 0 Å². The third-order valence-electron chi connectivity index (χ3n) is 3.13. The molecule has 0 radical (unpaired) electrons. The Hall–Kier alpha value is -1.98. The first-order valence-electron chi connectivity index (χ1n) is 6.06. The minimum Gasteiger partial charge on any atom is -0.345 e. The van der Waals surface area contributed by atoms with E-state index in [0.29, 0.717) is 13.0 Å². The molecule has 106 valence electrons. The van der Waals surface area contributed by atoms with Crippen molar-refractivity contribution in [3.8, 4) is 6.07 Å². The van der Waals surface area contributed by atoms with Crippen LogP contribution in [0.4, 0.5) is 0 Å². The highest BCUT2D eigenvalue weighted by molar-refractivity contribution is 7.89. The van der Waals surface area contributed by atoms with Crippen molar-refractivity contribution in [3.05, 3.63) is 24.0 Å². The molecule has 8 heteroatoms. The maximum Gasteiger partial charge on any atom is 0.246 e. The highest BCUT2D eigenvalue weighted by Gasteiger charge is 2.31. The monoisotopic (exact) mass is 294 g/mol. The fourth-order valence-corrected chi connectivity index (χ4v) is 3.51. The van der Waals surface area contributed by atoms with E-state index < -0.39 is 10.0 Å². The Labute approximate surface area is 117 Å². The van der Waals surface area contributed by atoms with Crippen LogP contribution in [-0.2, 0) is 14.8 Å². The lowest BCUT2D eigenvalue weighted by atomic mass is 10.4. The van der Waals surface area contributed by atoms with E-state index in [1.54, 1.807) is 13.1 Å². The molecule has 0 saturated carbocycles. The minimum atomic E-state index is -3.88. The molecule has 7 nitrogen and oxygen atoms in total. The number of hydrogen-bond acceptors (Lipinski definition) is 5. The topological polar surface area (TPSA) is 94.4 Å². The second-order valence-electron chi connectivity index (χ2n) is 4.47. The zero-order valence-corrected chi connectivity index (χ0v) is 11.8. The zero-order valence-electron chi connectivity index (χ0n) is 11.0. The summed E-state index contributed by atoms with van der Waals surface area (Å²) in [4.78, 5) is 16.9. The molecule has 0 unspecified atom stereocenters. The van der Waals surface area contributed by atoms with Crippen LogP contribution in [-0.4, -0.2) is 55.2 Å². The quantitative estimate of drug-likeness (QED) is 0.753. The zero-order chi connectivity index (χ0) is 14.8. The molecule has 0 aromatic carbocycles. The Morgan fingerprint density at radius 1 is 1.40 bits per heavy atom. The van der Waals surface area contributed by atoms with Gasteiger partial charge in [-0.15, -0.1) is 0 Å². The van der Waals surface area contributed by atoms with Gasteiger partial charge in [-0.3, -0.25) is 4.79 Å². The van der Waals surface area contributed by atoms with Crippen molar-refractivity contribution in [3.63, 3.8) is 0 Å². The van der Waals surface area contributed by atoms with Crippen LogP contribution < -0.4 is 0 Å². The van der Waals surface area contributed by atoms with E-state index in [4.69, 9.17) is 5.26 Å². The summed E-state index contributed by atoms with van der Waals surface area (Å²) >= 11 is 0. The predicted octanol–water partition coefficient (Wildman–Crippen LogP) is -0.194. The molecule has 1 fully saturated rings. The first-order chi connectivity index (χ1) is 9.46. The Morgan fingerprint density at radius 3 is 2.85 bits per heavy atom. The molecule has 2 rings (SSSR count). The van der Waals surface area contributed by atoms with Crippen LogP contribution in [0.5, 0.6) is 0 Å². The van der Waals surface area contributed by atoms with Crippen molar-refractivity contribution in [1.29, 1.82) is 5.26 Å². The Balaban J connectivity index is 2.40. The summed E-state index contributed by atoms with van der Waals surface area (Å²) in [6.45, 7) is 0.555. The van der Waals surface area contributed by atoms with Gasteiger partial charge in [-0.1, -0.05) is 0 Å². The standard InChI is InChI=1S/C12H14N4O3S/c1-15-6-3-7-16(9-12(15)17)20(18,19)11-4-2-5-14-10(11)8-13/h2,4-5H,3,6-7,9H2,1H3. The molecule has 0 spiro atoms. The van der Waals surface area contributed by atoms with Crippen LogP contribution in [0.1, 0.15) is 12.1 Å². The number of rotatable bonds is 2. The molecule has 1 amide bonds. The lowest BCUT2D eigenvalue weighted by molar-refractivity contribution is -0.129. The maximum atomic E-state index is 12.5. The molecular formula is C12H14N4O3S. The average molecular weight is 294 g/mol. The van der Waals surface area contributed by atoms with Gasteiger partial charge in [0.15, 0.2) is 5.69 Å². The summed E-state index contributed by atoms with van der Waals surface area (Å²) in [7, 11) is -2.24. The molecule has 0 atom stereocenters. The highest BCUT2D eigenvalue weighted by atomic mass is 32.2. The molecule has 2 heterocycles. The lowest BCUT2D eigenvalue weighted by Crippen LogP contribution is -2.38. The third kappa shape index (κ3) is 2.64. The van der Waals surface area contributed by atoms with Gasteiger partial charge in [-0.25, -0.2) is 13.4 Å². The van der Waals surface area contributed by atoms with Gasteiger partial charge in [-0.2, -0.15) is 9.57 Å². The molecule has 1 saturated heterocycles. The van der Waals surface area contributed by atoms with Crippen LogP contribution in [0.2, 0.25) is 0 Å². The van der Waals surface area contributed by atoms with E-state index in [2.05, 4.69) is 4.98 Å². The van der Waals surface area contributed by atoms with E-state index in [1.165, 1.54) is 23.2 Å². The average Bonchev–Trinajstić information content (AvgIpc) is 2.61. The fraction of sp³-hybridized carbons (Fsp3) is 0.417. The molecule has 20 heavy (non-hydrogen) atoms. The second kappa shape index (κ2) is 5.56. The van der Waals surface area contributed by atoms with Crippen LogP contribution in [0.3, 0.4) is 0 Å². The maximum absolute atomic E-state index is 12.5. The number of pyridine rings is 1. The van der Waals surface area contributed by atoms with E-state index in [9.17, 15) is 13.2 Å². The lowest BCUT2D eigenvalue weighted by Gasteiger charge is -2.19. The summed E-state index contributed by atoms with van der Waals surface area (Å²) in [5.74, 6) is -0.256. The summed E-state index contributed by atoms with van der Waals surface area (Å²) in [6, 6.07) is 4.56. The van der Waals surface area contributed by atoms with Crippen LogP contribution in [0.15, 0.2) is 23.2 Å². The van der Waals surface area contributed by atoms with Crippen molar-refractivity contribution in [1.82, 2.24) is 14.2 Å². The first-order valence-corrected chi connectivity index (χ1v) is 7.50. The molecule has 0 bridgehead atoms. The van der Waals surface area contributed by atoms with Crippen molar-refractivity contribution in [2.24, 2.45) is 0 Å². The largest absolute Gasteiger partial charge is 0.345 e. The van der Waals surface area contributed by atoms with E-state index in [-0.39, 0.29) is 29.6 Å². The van der Waals surface area contributed by atoms with Crippen molar-refractivity contribution in [2.45, 2.75) is 11.3 Å². The van der Waals surface area contributed by atoms with Gasteiger partial charge in [-0.05, 0) is 18.6 Å². The van der Waals surface area contributed by atoms with Gasteiger partial charge in [0.1, 0.15) is 11.0 Å². The van der Waals surface area contributed by atoms with Gasteiger partial charge in [0.25, 0.3) is 0 Å². The van der Waals surface area contributed by atoms with Crippen molar-refractivity contribution in [2.75, 3.05) is 26.7 Å². The number of sulfonamides is 1. The first kappa shape index (κ1) is 14.4. The van der Waals surface area contributed by atoms with E-state index in [0.717, 1.165) is 4.31 Å². The highest BCUT2D eigenvalue weighted by Crippen LogP contribution is 2.19. The van der Waals surface area contributed by atoms with Crippen LogP contribution >= 0.6 is 0 Å². The van der Waals surface area contributed by atoms with Gasteiger partial charge >= 0.3 is 0 Å². The summed E-state index contributed by atoms with van der Waals surface area (Å²) in [6.07, 6.45) is 1.92. The second-order valence-corrected chi connectivity index (χ2v) is 6.38. The molecule has 1 aromatic heterocycles. The normalized spacial score (nSPS) is 17.6. The smallest absolute Gasteiger partial charge is 0.246 e.